The first-order chi connectivity index (χ1) is 15.4. The standard InChI is InChI=1S/C24H26N2O6/c27-20-16-11-4-5-12(9-11)17(16)21(28)25(20)8-2-1-3-15(24(31)32)26-22(29)18-13-6-7-14(10-13)19(18)23(26)30/h4-7,11-19H,1-3,8-10H2,(H,31,32)/t11-,12-,13-,14-,15-,16-,17+,18+,19+/m0/s1. The molecular formula is C24H26N2O6. The van der Waals surface area contributed by atoms with E-state index in [4.69, 9.17) is 0 Å². The molecule has 6 rings (SSSR count). The van der Waals surface area contributed by atoms with E-state index in [-0.39, 0.29) is 72.1 Å². The van der Waals surface area contributed by atoms with Gasteiger partial charge in [-0.25, -0.2) is 4.79 Å². The summed E-state index contributed by atoms with van der Waals surface area (Å²) in [6.07, 6.45) is 10.8. The second-order valence-electron chi connectivity index (χ2n) is 10.2. The largest absolute Gasteiger partial charge is 0.480 e. The van der Waals surface area contributed by atoms with Gasteiger partial charge in [0.05, 0.1) is 23.7 Å². The van der Waals surface area contributed by atoms with Gasteiger partial charge in [-0.1, -0.05) is 24.3 Å². The number of unbranched alkanes of at least 4 members (excludes halogenated alkanes) is 1. The van der Waals surface area contributed by atoms with Crippen LogP contribution in [0.3, 0.4) is 0 Å². The van der Waals surface area contributed by atoms with Crippen molar-refractivity contribution in [1.82, 2.24) is 9.80 Å². The molecule has 2 saturated carbocycles. The van der Waals surface area contributed by atoms with Crippen LogP contribution in [0.1, 0.15) is 32.1 Å². The van der Waals surface area contributed by atoms with Crippen LogP contribution in [0.4, 0.5) is 0 Å². The Morgan fingerprint density at radius 2 is 1.22 bits per heavy atom. The number of carbonyl (C=O) groups is 5. The van der Waals surface area contributed by atoms with Gasteiger partial charge in [0.15, 0.2) is 0 Å². The maximum atomic E-state index is 12.9. The molecule has 1 N–H and O–H groups in total. The van der Waals surface area contributed by atoms with Crippen molar-refractivity contribution in [2.24, 2.45) is 47.3 Å². The van der Waals surface area contributed by atoms with E-state index in [2.05, 4.69) is 12.2 Å². The predicted molar refractivity (Wildman–Crippen MR) is 109 cm³/mol. The third kappa shape index (κ3) is 2.52. The maximum absolute atomic E-state index is 12.9. The molecule has 4 fully saturated rings. The normalized spacial score (nSPS) is 41.4. The molecule has 168 valence electrons. The second kappa shape index (κ2) is 6.86. The number of imide groups is 2. The van der Waals surface area contributed by atoms with Crippen molar-refractivity contribution >= 4 is 29.6 Å². The van der Waals surface area contributed by atoms with Crippen LogP contribution < -0.4 is 0 Å². The summed E-state index contributed by atoms with van der Waals surface area (Å²) in [5.41, 5.74) is 0. The number of allylic oxidation sites excluding steroid dienone is 4. The molecule has 4 amide bonds. The molecule has 8 heteroatoms. The first kappa shape index (κ1) is 19.9. The summed E-state index contributed by atoms with van der Waals surface area (Å²) >= 11 is 0. The highest BCUT2D eigenvalue weighted by Crippen LogP contribution is 2.54. The predicted octanol–water partition coefficient (Wildman–Crippen LogP) is 1.22. The van der Waals surface area contributed by atoms with E-state index in [1.165, 1.54) is 4.90 Å². The zero-order valence-electron chi connectivity index (χ0n) is 17.6. The lowest BCUT2D eigenvalue weighted by atomic mass is 9.85. The Bertz CT molecular complexity index is 940. The smallest absolute Gasteiger partial charge is 0.326 e. The summed E-state index contributed by atoms with van der Waals surface area (Å²) in [6, 6.07) is -1.19. The molecule has 6 aliphatic rings. The molecule has 0 unspecified atom stereocenters. The zero-order valence-corrected chi connectivity index (χ0v) is 17.6. The van der Waals surface area contributed by atoms with E-state index in [0.29, 0.717) is 12.8 Å². The summed E-state index contributed by atoms with van der Waals surface area (Å²) < 4.78 is 0. The van der Waals surface area contributed by atoms with Crippen LogP contribution in [0, 0.1) is 47.3 Å². The molecule has 9 atom stereocenters. The lowest BCUT2D eigenvalue weighted by molar-refractivity contribution is -0.155. The number of carboxylic acids is 1. The van der Waals surface area contributed by atoms with Crippen LogP contribution in [0.25, 0.3) is 0 Å². The fourth-order valence-electron chi connectivity index (χ4n) is 7.39. The van der Waals surface area contributed by atoms with Crippen molar-refractivity contribution in [3.63, 3.8) is 0 Å². The third-order valence-electron chi connectivity index (χ3n) is 8.77. The van der Waals surface area contributed by atoms with Crippen LogP contribution in [0.15, 0.2) is 24.3 Å². The first-order valence-corrected chi connectivity index (χ1v) is 11.7. The quantitative estimate of drug-likeness (QED) is 0.363. The number of carbonyl (C=O) groups excluding carboxylic acids is 4. The summed E-state index contributed by atoms with van der Waals surface area (Å²) in [7, 11) is 0. The fourth-order valence-corrected chi connectivity index (χ4v) is 7.39. The molecule has 0 aromatic heterocycles. The van der Waals surface area contributed by atoms with Crippen molar-refractivity contribution in [2.45, 2.75) is 38.1 Å². The molecule has 0 spiro atoms. The van der Waals surface area contributed by atoms with Crippen molar-refractivity contribution in [1.29, 1.82) is 0 Å². The van der Waals surface area contributed by atoms with Crippen LogP contribution in [-0.2, 0) is 24.0 Å². The van der Waals surface area contributed by atoms with Crippen LogP contribution in [0.2, 0.25) is 0 Å². The van der Waals surface area contributed by atoms with E-state index >= 15 is 0 Å². The molecule has 2 aliphatic heterocycles. The van der Waals surface area contributed by atoms with Gasteiger partial charge in [-0.15, -0.1) is 0 Å². The van der Waals surface area contributed by atoms with Crippen LogP contribution in [-0.4, -0.2) is 57.1 Å². The molecule has 2 saturated heterocycles. The lowest BCUT2D eigenvalue weighted by Gasteiger charge is -2.25. The molecule has 8 nitrogen and oxygen atoms in total. The number of aliphatic carboxylic acids is 1. The molecule has 0 radical (unpaired) electrons. The summed E-state index contributed by atoms with van der Waals surface area (Å²) in [5.74, 6) is -2.98. The van der Waals surface area contributed by atoms with Gasteiger partial charge in [-0.2, -0.15) is 0 Å². The van der Waals surface area contributed by atoms with Gasteiger partial charge in [-0.3, -0.25) is 29.0 Å². The topological polar surface area (TPSA) is 112 Å². The number of amides is 4. The molecule has 0 aromatic carbocycles. The SMILES string of the molecule is O=C(O)[C@H](CCCCN1C(=O)[C@@H]2[C@H](C1=O)[C@H]1C=C[C@H]2C1)N1C(=O)[C@H]2[C@H](C1=O)[C@H]1C=C[C@H]2C1. The number of likely N-dealkylation sites (tertiary alicyclic amines) is 2. The van der Waals surface area contributed by atoms with E-state index in [1.54, 1.807) is 0 Å². The Balaban J connectivity index is 1.08. The summed E-state index contributed by atoms with van der Waals surface area (Å²) in [4.78, 5) is 65.7. The van der Waals surface area contributed by atoms with Gasteiger partial charge >= 0.3 is 5.97 Å². The Hall–Kier alpha value is -2.77. The molecular weight excluding hydrogens is 412 g/mol. The first-order valence-electron chi connectivity index (χ1n) is 11.7. The number of hydrogen-bond donors (Lipinski definition) is 1. The molecule has 0 aromatic rings. The van der Waals surface area contributed by atoms with Crippen molar-refractivity contribution in [2.75, 3.05) is 6.54 Å². The van der Waals surface area contributed by atoms with Gasteiger partial charge in [0.25, 0.3) is 0 Å². The molecule has 32 heavy (non-hydrogen) atoms. The highest BCUT2D eigenvalue weighted by Gasteiger charge is 2.61. The molecule has 4 aliphatic carbocycles. The second-order valence-corrected chi connectivity index (χ2v) is 10.2. The molecule has 2 heterocycles. The minimum Gasteiger partial charge on any atom is -0.480 e. The number of hydrogen-bond acceptors (Lipinski definition) is 5. The van der Waals surface area contributed by atoms with E-state index in [0.717, 1.165) is 17.7 Å². The van der Waals surface area contributed by atoms with Gasteiger partial charge < -0.3 is 5.11 Å². The van der Waals surface area contributed by atoms with Crippen LogP contribution >= 0.6 is 0 Å². The zero-order chi connectivity index (χ0) is 22.3. The van der Waals surface area contributed by atoms with Gasteiger partial charge in [0.2, 0.25) is 23.6 Å². The molecule has 4 bridgehead atoms. The van der Waals surface area contributed by atoms with Crippen molar-refractivity contribution in [3.05, 3.63) is 24.3 Å². The Morgan fingerprint density at radius 1 is 0.781 bits per heavy atom. The Labute approximate surface area is 185 Å². The minimum atomic E-state index is -1.19. The number of fused-ring (bicyclic) bond motifs is 10. The fraction of sp³-hybridized carbons (Fsp3) is 0.625. The Morgan fingerprint density at radius 3 is 1.66 bits per heavy atom. The third-order valence-corrected chi connectivity index (χ3v) is 8.77. The van der Waals surface area contributed by atoms with Gasteiger partial charge in [-0.05, 0) is 55.8 Å². The van der Waals surface area contributed by atoms with Crippen molar-refractivity contribution < 1.29 is 29.1 Å². The highest BCUT2D eigenvalue weighted by molar-refractivity contribution is 6.09. The van der Waals surface area contributed by atoms with Crippen molar-refractivity contribution in [3.8, 4) is 0 Å². The summed E-state index contributed by atoms with van der Waals surface area (Å²) in [6.45, 7) is 0.262. The highest BCUT2D eigenvalue weighted by atomic mass is 16.4. The number of nitrogens with zero attached hydrogens (tertiary/aromatic N) is 2. The average Bonchev–Trinajstić information content (AvgIpc) is 3.58. The number of carboxylic acid groups (broad SMARTS) is 1. The van der Waals surface area contributed by atoms with Gasteiger partial charge in [0.1, 0.15) is 6.04 Å². The van der Waals surface area contributed by atoms with E-state index in [9.17, 15) is 29.1 Å². The van der Waals surface area contributed by atoms with Crippen LogP contribution in [0.5, 0.6) is 0 Å². The maximum Gasteiger partial charge on any atom is 0.326 e. The summed E-state index contributed by atoms with van der Waals surface area (Å²) in [5, 5.41) is 9.76. The Kier molecular flexibility index (Phi) is 4.26. The van der Waals surface area contributed by atoms with E-state index in [1.807, 2.05) is 12.2 Å². The van der Waals surface area contributed by atoms with E-state index < -0.39 is 23.8 Å². The monoisotopic (exact) mass is 438 g/mol. The minimum absolute atomic E-state index is 0.0392. The number of rotatable bonds is 7. The van der Waals surface area contributed by atoms with Gasteiger partial charge in [0, 0.05) is 6.54 Å². The lowest BCUT2D eigenvalue weighted by Crippen LogP contribution is -2.46. The average molecular weight is 438 g/mol.